The van der Waals surface area contributed by atoms with Gasteiger partial charge >= 0.3 is 0 Å². The van der Waals surface area contributed by atoms with Crippen molar-refractivity contribution in [2.24, 2.45) is 5.92 Å². The molecule has 0 bridgehead atoms. The Balaban J connectivity index is 2.04. The first kappa shape index (κ1) is 14.3. The number of carbonyl (C=O) groups is 1. The van der Waals surface area contributed by atoms with Gasteiger partial charge in [0.2, 0.25) is 5.91 Å². The molecule has 0 aliphatic rings. The summed E-state index contributed by atoms with van der Waals surface area (Å²) in [6.45, 7) is 4.80. The lowest BCUT2D eigenvalue weighted by atomic mass is 10.0. The van der Waals surface area contributed by atoms with E-state index in [0.29, 0.717) is 6.54 Å². The van der Waals surface area contributed by atoms with Gasteiger partial charge in [-0.25, -0.2) is 0 Å². The molecule has 0 radical (unpaired) electrons. The smallest absolute Gasteiger partial charge is 0.227 e. The molecule has 106 valence electrons. The highest BCUT2D eigenvalue weighted by molar-refractivity contribution is 5.92. The molecule has 0 unspecified atom stereocenters. The predicted molar refractivity (Wildman–Crippen MR) is 80.5 cm³/mol. The normalized spacial score (nSPS) is 10.8. The molecule has 1 heterocycles. The van der Waals surface area contributed by atoms with E-state index in [0.717, 1.165) is 24.1 Å². The van der Waals surface area contributed by atoms with Gasteiger partial charge in [-0.1, -0.05) is 26.0 Å². The molecule has 1 aromatic heterocycles. The number of benzene rings is 1. The Kier molecular flexibility index (Phi) is 4.93. The van der Waals surface area contributed by atoms with Crippen LogP contribution >= 0.6 is 0 Å². The largest absolute Gasteiger partial charge is 0.326 e. The van der Waals surface area contributed by atoms with Gasteiger partial charge in [-0.05, 0) is 36.6 Å². The van der Waals surface area contributed by atoms with Crippen molar-refractivity contribution in [3.63, 3.8) is 0 Å². The Bertz CT molecular complexity index is 545. The van der Waals surface area contributed by atoms with Crippen molar-refractivity contribution in [1.29, 1.82) is 0 Å². The molecule has 0 saturated carbocycles. The summed E-state index contributed by atoms with van der Waals surface area (Å²) in [5.41, 5.74) is 1.97. The van der Waals surface area contributed by atoms with Gasteiger partial charge < -0.3 is 5.32 Å². The van der Waals surface area contributed by atoms with Crippen LogP contribution in [0, 0.1) is 5.92 Å². The number of aromatic nitrogens is 2. The minimum atomic E-state index is 0.0878. The van der Waals surface area contributed by atoms with Crippen molar-refractivity contribution >= 4 is 11.6 Å². The standard InChI is InChI=1S/C16H21N3O/c1-3-14(4-2)16(20)18-15-8-5-7-13(11-15)12-19-10-6-9-17-19/h5-11,14H,3-4,12H2,1-2H3,(H,18,20). The van der Waals surface area contributed by atoms with Crippen molar-refractivity contribution in [2.75, 3.05) is 5.32 Å². The zero-order chi connectivity index (χ0) is 14.4. The van der Waals surface area contributed by atoms with E-state index in [1.54, 1.807) is 6.20 Å². The summed E-state index contributed by atoms with van der Waals surface area (Å²) in [5.74, 6) is 0.191. The van der Waals surface area contributed by atoms with E-state index in [1.165, 1.54) is 0 Å². The SMILES string of the molecule is CCC(CC)C(=O)Nc1cccc(Cn2cccn2)c1. The third-order valence-electron chi connectivity index (χ3n) is 3.45. The molecule has 0 saturated heterocycles. The number of carbonyl (C=O) groups excluding carboxylic acids is 1. The Morgan fingerprint density at radius 1 is 1.30 bits per heavy atom. The minimum Gasteiger partial charge on any atom is -0.326 e. The average molecular weight is 271 g/mol. The van der Waals surface area contributed by atoms with Crippen molar-refractivity contribution in [1.82, 2.24) is 9.78 Å². The van der Waals surface area contributed by atoms with E-state index < -0.39 is 0 Å². The third-order valence-corrected chi connectivity index (χ3v) is 3.45. The van der Waals surface area contributed by atoms with Gasteiger partial charge in [-0.15, -0.1) is 0 Å². The highest BCUT2D eigenvalue weighted by Crippen LogP contribution is 2.15. The Hall–Kier alpha value is -2.10. The number of rotatable bonds is 6. The molecule has 4 nitrogen and oxygen atoms in total. The molecule has 1 aromatic carbocycles. The van der Waals surface area contributed by atoms with Crippen LogP contribution in [0.3, 0.4) is 0 Å². The number of anilines is 1. The van der Waals surface area contributed by atoms with Crippen LogP contribution in [0.4, 0.5) is 5.69 Å². The number of hydrogen-bond donors (Lipinski definition) is 1. The van der Waals surface area contributed by atoms with Crippen molar-refractivity contribution in [3.8, 4) is 0 Å². The van der Waals surface area contributed by atoms with Gasteiger partial charge in [0.05, 0.1) is 6.54 Å². The molecule has 1 N–H and O–H groups in total. The summed E-state index contributed by atoms with van der Waals surface area (Å²) >= 11 is 0. The Morgan fingerprint density at radius 2 is 2.10 bits per heavy atom. The first-order valence-electron chi connectivity index (χ1n) is 7.10. The highest BCUT2D eigenvalue weighted by Gasteiger charge is 2.14. The fraction of sp³-hybridized carbons (Fsp3) is 0.375. The number of nitrogens with zero attached hydrogens (tertiary/aromatic N) is 2. The Labute approximate surface area is 119 Å². The molecule has 0 fully saturated rings. The summed E-state index contributed by atoms with van der Waals surface area (Å²) in [6.07, 6.45) is 5.43. The van der Waals surface area contributed by atoms with Crippen molar-refractivity contribution < 1.29 is 4.79 Å². The maximum atomic E-state index is 12.1. The van der Waals surface area contributed by atoms with Crippen LogP contribution in [0.1, 0.15) is 32.3 Å². The molecule has 4 heteroatoms. The molecule has 20 heavy (non-hydrogen) atoms. The molecule has 2 aromatic rings. The summed E-state index contributed by atoms with van der Waals surface area (Å²) < 4.78 is 1.86. The van der Waals surface area contributed by atoms with Crippen LogP contribution in [-0.2, 0) is 11.3 Å². The van der Waals surface area contributed by atoms with E-state index in [1.807, 2.05) is 55.1 Å². The molecule has 0 aliphatic carbocycles. The first-order valence-corrected chi connectivity index (χ1v) is 7.10. The summed E-state index contributed by atoms with van der Waals surface area (Å²) in [5, 5.41) is 7.18. The summed E-state index contributed by atoms with van der Waals surface area (Å²) in [7, 11) is 0. The number of hydrogen-bond acceptors (Lipinski definition) is 2. The van der Waals surface area contributed by atoms with Crippen LogP contribution in [0.2, 0.25) is 0 Å². The summed E-state index contributed by atoms with van der Waals surface area (Å²) in [6, 6.07) is 9.82. The van der Waals surface area contributed by atoms with Crippen LogP contribution < -0.4 is 5.32 Å². The van der Waals surface area contributed by atoms with E-state index in [9.17, 15) is 4.79 Å². The number of amides is 1. The lowest BCUT2D eigenvalue weighted by molar-refractivity contribution is -0.120. The zero-order valence-corrected chi connectivity index (χ0v) is 12.0. The molecule has 0 atom stereocenters. The van der Waals surface area contributed by atoms with Gasteiger partial charge in [0, 0.05) is 24.0 Å². The zero-order valence-electron chi connectivity index (χ0n) is 12.0. The van der Waals surface area contributed by atoms with Crippen molar-refractivity contribution in [2.45, 2.75) is 33.2 Å². The monoisotopic (exact) mass is 271 g/mol. The maximum absolute atomic E-state index is 12.1. The highest BCUT2D eigenvalue weighted by atomic mass is 16.1. The van der Waals surface area contributed by atoms with Gasteiger partial charge in [0.1, 0.15) is 0 Å². The fourth-order valence-corrected chi connectivity index (χ4v) is 2.23. The van der Waals surface area contributed by atoms with E-state index >= 15 is 0 Å². The van der Waals surface area contributed by atoms with E-state index in [2.05, 4.69) is 10.4 Å². The first-order chi connectivity index (χ1) is 9.72. The van der Waals surface area contributed by atoms with E-state index in [4.69, 9.17) is 0 Å². The van der Waals surface area contributed by atoms with Gasteiger partial charge in [-0.2, -0.15) is 5.10 Å². The van der Waals surface area contributed by atoms with Crippen LogP contribution in [0.5, 0.6) is 0 Å². The second kappa shape index (κ2) is 6.89. The quantitative estimate of drug-likeness (QED) is 0.876. The second-order valence-electron chi connectivity index (χ2n) is 4.91. The third kappa shape index (κ3) is 3.70. The maximum Gasteiger partial charge on any atom is 0.227 e. The van der Waals surface area contributed by atoms with Crippen LogP contribution in [0.25, 0.3) is 0 Å². The fourth-order valence-electron chi connectivity index (χ4n) is 2.23. The summed E-state index contributed by atoms with van der Waals surface area (Å²) in [4.78, 5) is 12.1. The average Bonchev–Trinajstić information content (AvgIpc) is 2.93. The molecule has 0 spiro atoms. The molecule has 1 amide bonds. The van der Waals surface area contributed by atoms with Crippen molar-refractivity contribution in [3.05, 3.63) is 48.3 Å². The molecule has 2 rings (SSSR count). The van der Waals surface area contributed by atoms with Crippen LogP contribution in [-0.4, -0.2) is 15.7 Å². The topological polar surface area (TPSA) is 46.9 Å². The second-order valence-corrected chi connectivity index (χ2v) is 4.91. The van der Waals surface area contributed by atoms with Crippen LogP contribution in [0.15, 0.2) is 42.7 Å². The van der Waals surface area contributed by atoms with Gasteiger partial charge in [-0.3, -0.25) is 9.48 Å². The molecular formula is C16H21N3O. The van der Waals surface area contributed by atoms with Gasteiger partial charge in [0.25, 0.3) is 0 Å². The molecule has 0 aliphatic heterocycles. The number of nitrogens with one attached hydrogen (secondary N) is 1. The lowest BCUT2D eigenvalue weighted by Gasteiger charge is -2.13. The minimum absolute atomic E-state index is 0.0878. The van der Waals surface area contributed by atoms with E-state index in [-0.39, 0.29) is 11.8 Å². The Morgan fingerprint density at radius 3 is 2.75 bits per heavy atom. The lowest BCUT2D eigenvalue weighted by Crippen LogP contribution is -2.21. The van der Waals surface area contributed by atoms with Gasteiger partial charge in [0.15, 0.2) is 0 Å². The predicted octanol–water partition coefficient (Wildman–Crippen LogP) is 3.31. The molecular weight excluding hydrogens is 250 g/mol.